The fraction of sp³-hybridized carbons (Fsp3) is 0.133. The summed E-state index contributed by atoms with van der Waals surface area (Å²) in [6.45, 7) is 0. The minimum Gasteiger partial charge on any atom is -0.261 e. The summed E-state index contributed by atoms with van der Waals surface area (Å²) in [5, 5.41) is 3.49. The number of halogens is 5. The summed E-state index contributed by atoms with van der Waals surface area (Å²) in [4.78, 5) is 7.22. The molecular formula is C15H9F5N4S. The summed E-state index contributed by atoms with van der Waals surface area (Å²) in [5.74, 6) is 0.0351. The molecule has 0 amide bonds. The second-order valence-electron chi connectivity index (χ2n) is 4.46. The van der Waals surface area contributed by atoms with Crippen LogP contribution in [-0.2, 0) is 6.18 Å². The van der Waals surface area contributed by atoms with Crippen LogP contribution in [0.4, 0.5) is 27.8 Å². The first kappa shape index (κ1) is 18.7. The topological polar surface area (TPSA) is 50.2 Å². The molecule has 1 aromatic heterocycles. The third kappa shape index (κ3) is 5.42. The lowest BCUT2D eigenvalue weighted by atomic mass is 10.2. The monoisotopic (exact) mass is 372 g/mol. The van der Waals surface area contributed by atoms with Crippen LogP contribution in [0.3, 0.4) is 0 Å². The Labute approximate surface area is 143 Å². The predicted octanol–water partition coefficient (Wildman–Crippen LogP) is 3.94. The van der Waals surface area contributed by atoms with E-state index in [1.807, 2.05) is 0 Å². The summed E-state index contributed by atoms with van der Waals surface area (Å²) in [7, 11) is 0. The van der Waals surface area contributed by atoms with Crippen LogP contribution < -0.4 is 5.43 Å². The van der Waals surface area contributed by atoms with Gasteiger partial charge in [0.25, 0.3) is 0 Å². The van der Waals surface area contributed by atoms with Gasteiger partial charge in [0.1, 0.15) is 0 Å². The zero-order valence-corrected chi connectivity index (χ0v) is 13.1. The number of alkyl halides is 3. The molecule has 10 heteroatoms. The zero-order valence-electron chi connectivity index (χ0n) is 12.3. The molecule has 4 nitrogen and oxygen atoms in total. The van der Waals surface area contributed by atoms with Gasteiger partial charge in [0.05, 0.1) is 12.0 Å². The minimum absolute atomic E-state index is 0.0961. The lowest BCUT2D eigenvalue weighted by Crippen LogP contribution is -2.10. The van der Waals surface area contributed by atoms with Crippen LogP contribution in [0.5, 0.6) is 0 Å². The maximum Gasteiger partial charge on any atom is 0.433 e. The summed E-state index contributed by atoms with van der Waals surface area (Å²) < 4.78 is 64.4. The summed E-state index contributed by atoms with van der Waals surface area (Å²) in [6.07, 6.45) is 1.49. The van der Waals surface area contributed by atoms with Gasteiger partial charge in [-0.15, -0.1) is 6.42 Å². The highest BCUT2D eigenvalue weighted by molar-refractivity contribution is 7.99. The number of hydrogen-bond acceptors (Lipinski definition) is 5. The SMILES string of the molecule is C#CCSc1nc(N/N=C/c2ccc(F)c(F)c2)cc(C(F)(F)F)n1. The molecule has 0 bridgehead atoms. The van der Waals surface area contributed by atoms with E-state index in [0.29, 0.717) is 6.07 Å². The van der Waals surface area contributed by atoms with Crippen molar-refractivity contribution < 1.29 is 22.0 Å². The van der Waals surface area contributed by atoms with Gasteiger partial charge in [0, 0.05) is 6.07 Å². The van der Waals surface area contributed by atoms with E-state index in [9.17, 15) is 22.0 Å². The lowest BCUT2D eigenvalue weighted by Gasteiger charge is -2.09. The van der Waals surface area contributed by atoms with Crippen LogP contribution in [0.15, 0.2) is 34.5 Å². The van der Waals surface area contributed by atoms with Crippen molar-refractivity contribution in [1.82, 2.24) is 9.97 Å². The van der Waals surface area contributed by atoms with E-state index < -0.39 is 23.5 Å². The average molecular weight is 372 g/mol. The summed E-state index contributed by atoms with van der Waals surface area (Å²) in [5.41, 5.74) is 1.34. The molecule has 1 N–H and O–H groups in total. The van der Waals surface area contributed by atoms with Crippen molar-refractivity contribution in [2.45, 2.75) is 11.3 Å². The molecular weight excluding hydrogens is 363 g/mol. The standard InChI is InChI=1S/C15H9F5N4S/c1-2-5-25-14-22-12(15(18,19)20)7-13(23-14)24-21-8-9-3-4-10(16)11(17)6-9/h1,3-4,6-8H,5H2,(H,22,23,24)/b21-8+. The van der Waals surface area contributed by atoms with E-state index in [-0.39, 0.29) is 22.3 Å². The van der Waals surface area contributed by atoms with Crippen molar-refractivity contribution in [3.63, 3.8) is 0 Å². The molecule has 0 saturated carbocycles. The Balaban J connectivity index is 2.21. The number of terminal acetylenes is 1. The molecule has 0 unspecified atom stereocenters. The molecule has 0 aliphatic rings. The van der Waals surface area contributed by atoms with Gasteiger partial charge < -0.3 is 0 Å². The number of nitrogens with zero attached hydrogens (tertiary/aromatic N) is 3. The van der Waals surface area contributed by atoms with Gasteiger partial charge in [-0.1, -0.05) is 23.7 Å². The van der Waals surface area contributed by atoms with Gasteiger partial charge in [-0.3, -0.25) is 5.43 Å². The highest BCUT2D eigenvalue weighted by Crippen LogP contribution is 2.30. The second-order valence-corrected chi connectivity index (χ2v) is 5.40. The van der Waals surface area contributed by atoms with Crippen LogP contribution in [0.1, 0.15) is 11.3 Å². The van der Waals surface area contributed by atoms with E-state index in [0.717, 1.165) is 30.1 Å². The Hall–Kier alpha value is -2.67. The molecule has 0 atom stereocenters. The molecule has 2 aromatic rings. The maximum absolute atomic E-state index is 13.1. The predicted molar refractivity (Wildman–Crippen MR) is 84.2 cm³/mol. The molecule has 2 rings (SSSR count). The number of benzene rings is 1. The Bertz CT molecular complexity index is 830. The number of nitrogens with one attached hydrogen (secondary N) is 1. The molecule has 0 fully saturated rings. The molecule has 0 spiro atoms. The first-order valence-corrected chi connectivity index (χ1v) is 7.55. The fourth-order valence-corrected chi connectivity index (χ4v) is 2.10. The molecule has 1 heterocycles. The van der Waals surface area contributed by atoms with Crippen LogP contribution in [0.2, 0.25) is 0 Å². The van der Waals surface area contributed by atoms with Crippen molar-refractivity contribution in [2.24, 2.45) is 5.10 Å². The largest absolute Gasteiger partial charge is 0.433 e. The molecule has 0 aliphatic carbocycles. The van der Waals surface area contributed by atoms with Gasteiger partial charge >= 0.3 is 6.18 Å². The van der Waals surface area contributed by atoms with Gasteiger partial charge in [-0.25, -0.2) is 18.7 Å². The first-order chi connectivity index (χ1) is 11.8. The van der Waals surface area contributed by atoms with Crippen molar-refractivity contribution in [3.8, 4) is 12.3 Å². The van der Waals surface area contributed by atoms with Crippen LogP contribution in [0, 0.1) is 24.0 Å². The van der Waals surface area contributed by atoms with Crippen LogP contribution >= 0.6 is 11.8 Å². The third-order valence-corrected chi connectivity index (χ3v) is 3.37. The van der Waals surface area contributed by atoms with Crippen molar-refractivity contribution in [2.75, 3.05) is 11.2 Å². The fourth-order valence-electron chi connectivity index (χ4n) is 1.56. The smallest absolute Gasteiger partial charge is 0.261 e. The van der Waals surface area contributed by atoms with E-state index in [1.165, 1.54) is 6.07 Å². The summed E-state index contributed by atoms with van der Waals surface area (Å²) in [6, 6.07) is 3.70. The number of anilines is 1. The first-order valence-electron chi connectivity index (χ1n) is 6.56. The van der Waals surface area contributed by atoms with Gasteiger partial charge in [0.2, 0.25) is 0 Å². The third-order valence-electron chi connectivity index (χ3n) is 2.62. The number of aromatic nitrogens is 2. The van der Waals surface area contributed by atoms with Gasteiger partial charge in [0.15, 0.2) is 28.3 Å². The molecule has 1 aromatic carbocycles. The molecule has 25 heavy (non-hydrogen) atoms. The van der Waals surface area contributed by atoms with Crippen molar-refractivity contribution in [1.29, 1.82) is 0 Å². The molecule has 0 saturated heterocycles. The molecule has 0 aliphatic heterocycles. The normalized spacial score (nSPS) is 11.5. The number of thioether (sulfide) groups is 1. The second kappa shape index (κ2) is 7.94. The highest BCUT2D eigenvalue weighted by atomic mass is 32.2. The highest BCUT2D eigenvalue weighted by Gasteiger charge is 2.33. The molecule has 0 radical (unpaired) electrons. The van der Waals surface area contributed by atoms with Crippen molar-refractivity contribution in [3.05, 3.63) is 47.2 Å². The average Bonchev–Trinajstić information content (AvgIpc) is 2.55. The maximum atomic E-state index is 13.1. The Morgan fingerprint density at radius 1 is 1.20 bits per heavy atom. The number of rotatable bonds is 5. The zero-order chi connectivity index (χ0) is 18.4. The van der Waals surface area contributed by atoms with Gasteiger partial charge in [-0.05, 0) is 17.7 Å². The summed E-state index contributed by atoms with van der Waals surface area (Å²) >= 11 is 0.857. The van der Waals surface area contributed by atoms with E-state index in [4.69, 9.17) is 6.42 Å². The van der Waals surface area contributed by atoms with E-state index >= 15 is 0 Å². The van der Waals surface area contributed by atoms with Gasteiger partial charge in [-0.2, -0.15) is 18.3 Å². The number of hydrogen-bond donors (Lipinski definition) is 1. The van der Waals surface area contributed by atoms with E-state index in [1.54, 1.807) is 0 Å². The minimum atomic E-state index is -4.67. The Morgan fingerprint density at radius 2 is 1.96 bits per heavy atom. The van der Waals surface area contributed by atoms with Crippen molar-refractivity contribution >= 4 is 23.8 Å². The Kier molecular flexibility index (Phi) is 5.93. The lowest BCUT2D eigenvalue weighted by molar-refractivity contribution is -0.141. The quantitative estimate of drug-likeness (QED) is 0.216. The van der Waals surface area contributed by atoms with Crippen LogP contribution in [-0.4, -0.2) is 21.9 Å². The van der Waals surface area contributed by atoms with E-state index in [2.05, 4.69) is 26.4 Å². The molecule has 130 valence electrons. The Morgan fingerprint density at radius 3 is 2.60 bits per heavy atom. The number of hydrazone groups is 1. The van der Waals surface area contributed by atoms with Crippen LogP contribution in [0.25, 0.3) is 0 Å².